The molecule has 1 N–H and O–H groups in total. The van der Waals surface area contributed by atoms with Gasteiger partial charge in [0, 0.05) is 19.1 Å². The third-order valence-corrected chi connectivity index (χ3v) is 3.95. The van der Waals surface area contributed by atoms with Gasteiger partial charge in [-0.2, -0.15) is 0 Å². The minimum absolute atomic E-state index is 0.560. The lowest BCUT2D eigenvalue weighted by atomic mass is 10.1. The lowest BCUT2D eigenvalue weighted by molar-refractivity contribution is 0.507. The number of hydrogen-bond donors (Lipinski definition) is 1. The van der Waals surface area contributed by atoms with E-state index in [0.29, 0.717) is 12.0 Å². The highest BCUT2D eigenvalue weighted by atomic mass is 35.5. The van der Waals surface area contributed by atoms with Crippen molar-refractivity contribution in [1.82, 2.24) is 5.32 Å². The van der Waals surface area contributed by atoms with Crippen molar-refractivity contribution in [2.45, 2.75) is 53.1 Å². The number of nitrogens with one attached hydrogen (secondary N) is 1. The molecule has 2 nitrogen and oxygen atoms in total. The van der Waals surface area contributed by atoms with Crippen LogP contribution in [-0.2, 0) is 6.54 Å². The third-order valence-electron chi connectivity index (χ3n) is 3.65. The minimum Gasteiger partial charge on any atom is -0.367 e. The van der Waals surface area contributed by atoms with Crippen molar-refractivity contribution in [1.29, 1.82) is 0 Å². The molecule has 1 rings (SSSR count). The molecule has 1 aromatic carbocycles. The summed E-state index contributed by atoms with van der Waals surface area (Å²) in [6, 6.07) is 7.00. The molecule has 3 heteroatoms. The lowest BCUT2D eigenvalue weighted by Gasteiger charge is -2.35. The maximum absolute atomic E-state index is 6.53. The third kappa shape index (κ3) is 4.68. The Kier molecular flexibility index (Phi) is 7.39. The van der Waals surface area contributed by atoms with Gasteiger partial charge in [-0.25, -0.2) is 0 Å². The first-order chi connectivity index (χ1) is 9.53. The maximum Gasteiger partial charge on any atom is 0.0642 e. The molecule has 0 spiro atoms. The van der Waals surface area contributed by atoms with E-state index in [1.807, 2.05) is 7.05 Å². The molecule has 0 aliphatic heterocycles. The van der Waals surface area contributed by atoms with Crippen molar-refractivity contribution in [3.63, 3.8) is 0 Å². The molecule has 0 radical (unpaired) electrons. The van der Waals surface area contributed by atoms with Crippen LogP contribution >= 0.6 is 11.6 Å². The summed E-state index contributed by atoms with van der Waals surface area (Å²) in [5.74, 6) is 0.628. The van der Waals surface area contributed by atoms with Crippen molar-refractivity contribution in [2.24, 2.45) is 5.92 Å². The Morgan fingerprint density at radius 3 is 2.30 bits per heavy atom. The van der Waals surface area contributed by atoms with Gasteiger partial charge in [-0.3, -0.25) is 0 Å². The zero-order valence-electron chi connectivity index (χ0n) is 13.5. The van der Waals surface area contributed by atoms with Gasteiger partial charge in [-0.05, 0) is 43.5 Å². The molecule has 0 amide bonds. The molecule has 20 heavy (non-hydrogen) atoms. The van der Waals surface area contributed by atoms with Crippen LogP contribution in [0.15, 0.2) is 18.2 Å². The molecule has 1 aromatic rings. The van der Waals surface area contributed by atoms with Crippen LogP contribution in [0, 0.1) is 5.92 Å². The normalized spacial score (nSPS) is 11.4. The van der Waals surface area contributed by atoms with E-state index in [9.17, 15) is 0 Å². The minimum atomic E-state index is 0.560. The quantitative estimate of drug-likeness (QED) is 0.747. The average Bonchev–Trinajstić information content (AvgIpc) is 2.39. The Hall–Kier alpha value is -0.730. The van der Waals surface area contributed by atoms with Gasteiger partial charge in [-0.1, -0.05) is 45.4 Å². The number of nitrogens with zero attached hydrogens (tertiary/aromatic N) is 1. The predicted octanol–water partition coefficient (Wildman–Crippen LogP) is 4.71. The summed E-state index contributed by atoms with van der Waals surface area (Å²) in [5.41, 5.74) is 2.41. The Morgan fingerprint density at radius 2 is 1.85 bits per heavy atom. The maximum atomic E-state index is 6.53. The summed E-state index contributed by atoms with van der Waals surface area (Å²) >= 11 is 6.53. The fourth-order valence-electron chi connectivity index (χ4n) is 2.66. The molecule has 0 saturated carbocycles. The molecule has 0 heterocycles. The van der Waals surface area contributed by atoms with E-state index < -0.39 is 0 Å². The van der Waals surface area contributed by atoms with Crippen molar-refractivity contribution < 1.29 is 0 Å². The Balaban J connectivity index is 3.06. The van der Waals surface area contributed by atoms with Crippen molar-refractivity contribution in [2.75, 3.05) is 18.5 Å². The monoisotopic (exact) mass is 296 g/mol. The van der Waals surface area contributed by atoms with Crippen LogP contribution in [0.1, 0.15) is 46.1 Å². The zero-order chi connectivity index (χ0) is 15.1. The van der Waals surface area contributed by atoms with E-state index in [-0.39, 0.29) is 0 Å². The van der Waals surface area contributed by atoms with E-state index in [4.69, 9.17) is 11.6 Å². The van der Waals surface area contributed by atoms with Crippen LogP contribution in [0.3, 0.4) is 0 Å². The SMILES string of the molecule is CCC(CC)N(CC(C)C)c1ccc(CNC)cc1Cl. The van der Waals surface area contributed by atoms with Gasteiger partial charge in [0.05, 0.1) is 10.7 Å². The van der Waals surface area contributed by atoms with Crippen LogP contribution in [0.25, 0.3) is 0 Å². The molecule has 0 bridgehead atoms. The Labute approximate surface area is 129 Å². The van der Waals surface area contributed by atoms with Crippen LogP contribution < -0.4 is 10.2 Å². The van der Waals surface area contributed by atoms with Crippen molar-refractivity contribution >= 4 is 17.3 Å². The van der Waals surface area contributed by atoms with Crippen molar-refractivity contribution in [3.8, 4) is 0 Å². The first kappa shape index (κ1) is 17.3. The van der Waals surface area contributed by atoms with Crippen LogP contribution in [0.5, 0.6) is 0 Å². The van der Waals surface area contributed by atoms with Crippen LogP contribution in [-0.4, -0.2) is 19.6 Å². The number of hydrogen-bond acceptors (Lipinski definition) is 2. The van der Waals surface area contributed by atoms with Gasteiger partial charge in [0.25, 0.3) is 0 Å². The van der Waals surface area contributed by atoms with E-state index in [1.54, 1.807) is 0 Å². The highest BCUT2D eigenvalue weighted by Crippen LogP contribution is 2.30. The largest absolute Gasteiger partial charge is 0.367 e. The molecule has 0 fully saturated rings. The number of benzene rings is 1. The molecular formula is C17H29ClN2. The van der Waals surface area contributed by atoms with E-state index in [2.05, 4.69) is 56.1 Å². The fraction of sp³-hybridized carbons (Fsp3) is 0.647. The molecule has 0 aliphatic carbocycles. The number of anilines is 1. The summed E-state index contributed by atoms with van der Waals surface area (Å²) in [5, 5.41) is 4.03. The standard InChI is InChI=1S/C17H29ClN2/c1-6-15(7-2)20(12-13(3)4)17-9-8-14(11-19-5)10-16(17)18/h8-10,13,15,19H,6-7,11-12H2,1-5H3. The zero-order valence-corrected chi connectivity index (χ0v) is 14.3. The average molecular weight is 297 g/mol. The predicted molar refractivity (Wildman–Crippen MR) is 90.8 cm³/mol. The highest BCUT2D eigenvalue weighted by Gasteiger charge is 2.19. The van der Waals surface area contributed by atoms with Gasteiger partial charge in [-0.15, -0.1) is 0 Å². The topological polar surface area (TPSA) is 15.3 Å². The second kappa shape index (κ2) is 8.53. The van der Waals surface area contributed by atoms with Gasteiger partial charge in [0.1, 0.15) is 0 Å². The number of rotatable bonds is 8. The van der Waals surface area contributed by atoms with Gasteiger partial charge >= 0.3 is 0 Å². The van der Waals surface area contributed by atoms with E-state index >= 15 is 0 Å². The Bertz CT molecular complexity index is 400. The van der Waals surface area contributed by atoms with Crippen molar-refractivity contribution in [3.05, 3.63) is 28.8 Å². The van der Waals surface area contributed by atoms with Gasteiger partial charge < -0.3 is 10.2 Å². The van der Waals surface area contributed by atoms with E-state index in [0.717, 1.165) is 31.0 Å². The summed E-state index contributed by atoms with van der Waals surface area (Å²) in [7, 11) is 1.96. The summed E-state index contributed by atoms with van der Waals surface area (Å²) in [4.78, 5) is 2.48. The summed E-state index contributed by atoms with van der Waals surface area (Å²) < 4.78 is 0. The second-order valence-corrected chi connectivity index (χ2v) is 6.24. The second-order valence-electron chi connectivity index (χ2n) is 5.83. The first-order valence-electron chi connectivity index (χ1n) is 7.73. The smallest absolute Gasteiger partial charge is 0.0642 e. The van der Waals surface area contributed by atoms with Crippen LogP contribution in [0.2, 0.25) is 5.02 Å². The Morgan fingerprint density at radius 1 is 1.20 bits per heavy atom. The summed E-state index contributed by atoms with van der Waals surface area (Å²) in [6.45, 7) is 10.9. The molecule has 0 aromatic heterocycles. The van der Waals surface area contributed by atoms with Gasteiger partial charge in [0.2, 0.25) is 0 Å². The van der Waals surface area contributed by atoms with E-state index in [1.165, 1.54) is 11.3 Å². The lowest BCUT2D eigenvalue weighted by Crippen LogP contribution is -2.37. The van der Waals surface area contributed by atoms with Gasteiger partial charge in [0.15, 0.2) is 0 Å². The molecule has 0 atom stereocenters. The number of halogens is 1. The molecular weight excluding hydrogens is 268 g/mol. The molecule has 0 aliphatic rings. The fourth-order valence-corrected chi connectivity index (χ4v) is 2.98. The van der Waals surface area contributed by atoms with Crippen LogP contribution in [0.4, 0.5) is 5.69 Å². The highest BCUT2D eigenvalue weighted by molar-refractivity contribution is 6.33. The molecule has 0 unspecified atom stereocenters. The first-order valence-corrected chi connectivity index (χ1v) is 8.10. The summed E-state index contributed by atoms with van der Waals surface area (Å²) in [6.07, 6.45) is 2.30. The molecule has 114 valence electrons. The molecule has 0 saturated heterocycles.